The molecule has 0 bridgehead atoms. The van der Waals surface area contributed by atoms with E-state index in [-0.39, 0.29) is 19.8 Å². The summed E-state index contributed by atoms with van der Waals surface area (Å²) in [4.78, 5) is 35.4. The molecule has 282 valence electrons. The van der Waals surface area contributed by atoms with Crippen molar-refractivity contribution in [3.05, 3.63) is 230 Å². The maximum atomic E-state index is 11.1. The number of rotatable bonds is 14. The number of ether oxygens (including phenoxy) is 3. The second kappa shape index (κ2) is 23.9. The Morgan fingerprint density at radius 3 is 1.32 bits per heavy atom. The van der Waals surface area contributed by atoms with Crippen molar-refractivity contribution in [2.45, 2.75) is 36.0 Å². The normalized spacial score (nSPS) is 9.86. The van der Waals surface area contributed by atoms with Gasteiger partial charge in [-0.2, -0.15) is 0 Å². The molecular weight excluding hydrogens is 717 g/mol. The van der Waals surface area contributed by atoms with Gasteiger partial charge in [-0.3, -0.25) is 0 Å². The van der Waals surface area contributed by atoms with Crippen molar-refractivity contribution in [3.63, 3.8) is 0 Å². The molecule has 0 atom stereocenters. The van der Waals surface area contributed by atoms with Gasteiger partial charge in [0.15, 0.2) is 0 Å². The van der Waals surface area contributed by atoms with Crippen LogP contribution in [0.4, 0.5) is 0 Å². The summed E-state index contributed by atoms with van der Waals surface area (Å²) in [5.41, 5.74) is 7.69. The SMILES string of the molecule is C=CC(=O)OCc1ccc(-c2ccccc2)cc1.C=CC(=O)OCc1ccc(Sc2ccccc2)cc1.C=CC(=O)OCc1ccccc1Cc1ccccc1. The van der Waals surface area contributed by atoms with Gasteiger partial charge in [-0.1, -0.05) is 171 Å². The second-order valence-electron chi connectivity index (χ2n) is 12.0. The molecule has 0 radical (unpaired) electrons. The molecule has 0 unspecified atom stereocenters. The van der Waals surface area contributed by atoms with Crippen LogP contribution in [0.5, 0.6) is 0 Å². The average molecular weight is 761 g/mol. The van der Waals surface area contributed by atoms with E-state index in [0.717, 1.165) is 33.6 Å². The molecule has 7 heteroatoms. The second-order valence-corrected chi connectivity index (χ2v) is 13.1. The van der Waals surface area contributed by atoms with E-state index < -0.39 is 17.9 Å². The molecular formula is C49H44O6S. The smallest absolute Gasteiger partial charge is 0.330 e. The molecule has 0 fully saturated rings. The molecule has 56 heavy (non-hydrogen) atoms. The predicted molar refractivity (Wildman–Crippen MR) is 225 cm³/mol. The van der Waals surface area contributed by atoms with Crippen LogP contribution in [0, 0.1) is 0 Å². The first kappa shape index (κ1) is 42.0. The van der Waals surface area contributed by atoms with Crippen molar-refractivity contribution >= 4 is 29.7 Å². The topological polar surface area (TPSA) is 78.9 Å². The highest BCUT2D eigenvalue weighted by Gasteiger charge is 2.06. The number of carbonyl (C=O) groups excluding carboxylic acids is 3. The van der Waals surface area contributed by atoms with E-state index >= 15 is 0 Å². The van der Waals surface area contributed by atoms with Gasteiger partial charge in [0.2, 0.25) is 0 Å². The van der Waals surface area contributed by atoms with Crippen LogP contribution >= 0.6 is 11.8 Å². The van der Waals surface area contributed by atoms with Gasteiger partial charge in [-0.05, 0) is 69.6 Å². The van der Waals surface area contributed by atoms with Crippen molar-refractivity contribution in [1.29, 1.82) is 0 Å². The first-order chi connectivity index (χ1) is 27.4. The summed E-state index contributed by atoms with van der Waals surface area (Å²) < 4.78 is 15.0. The zero-order valence-electron chi connectivity index (χ0n) is 31.1. The van der Waals surface area contributed by atoms with E-state index in [9.17, 15) is 14.4 Å². The number of hydrogen-bond donors (Lipinski definition) is 0. The molecule has 0 aliphatic carbocycles. The summed E-state index contributed by atoms with van der Waals surface area (Å²) in [5, 5.41) is 0. The fourth-order valence-corrected chi connectivity index (χ4v) is 5.86. The Balaban J connectivity index is 0.000000187. The Hall–Kier alpha value is -6.70. The van der Waals surface area contributed by atoms with Gasteiger partial charge in [0.1, 0.15) is 19.8 Å². The van der Waals surface area contributed by atoms with Crippen LogP contribution in [0.15, 0.2) is 212 Å². The molecule has 0 saturated heterocycles. The lowest BCUT2D eigenvalue weighted by atomic mass is 10.0. The summed E-state index contributed by atoms with van der Waals surface area (Å²) in [6, 6.07) is 54.5. The third kappa shape index (κ3) is 15.3. The van der Waals surface area contributed by atoms with E-state index in [4.69, 9.17) is 14.2 Å². The monoisotopic (exact) mass is 760 g/mol. The predicted octanol–water partition coefficient (Wildman–Crippen LogP) is 11.2. The number of hydrogen-bond acceptors (Lipinski definition) is 7. The van der Waals surface area contributed by atoms with Crippen LogP contribution in [0.1, 0.15) is 27.8 Å². The summed E-state index contributed by atoms with van der Waals surface area (Å²) in [5.74, 6) is -1.20. The van der Waals surface area contributed by atoms with Crippen LogP contribution in [-0.4, -0.2) is 17.9 Å². The highest BCUT2D eigenvalue weighted by atomic mass is 32.2. The van der Waals surface area contributed by atoms with E-state index in [1.807, 2.05) is 121 Å². The summed E-state index contributed by atoms with van der Waals surface area (Å²) in [6.07, 6.45) is 4.35. The first-order valence-corrected chi connectivity index (χ1v) is 18.6. The molecule has 0 aliphatic heterocycles. The number of carbonyl (C=O) groups is 3. The summed E-state index contributed by atoms with van der Waals surface area (Å²) in [6.45, 7) is 10.9. The van der Waals surface area contributed by atoms with Crippen molar-refractivity contribution in [3.8, 4) is 11.1 Å². The minimum absolute atomic E-state index is 0.278. The molecule has 0 heterocycles. The lowest BCUT2D eigenvalue weighted by Crippen LogP contribution is -2.03. The van der Waals surface area contributed by atoms with Crippen LogP contribution < -0.4 is 0 Å². The fourth-order valence-electron chi connectivity index (χ4n) is 5.02. The maximum Gasteiger partial charge on any atom is 0.330 e. The zero-order valence-corrected chi connectivity index (χ0v) is 31.9. The van der Waals surface area contributed by atoms with Crippen molar-refractivity contribution in [2.75, 3.05) is 0 Å². The lowest BCUT2D eigenvalue weighted by Gasteiger charge is -2.09. The zero-order chi connectivity index (χ0) is 39.8. The van der Waals surface area contributed by atoms with E-state index in [2.05, 4.69) is 62.2 Å². The molecule has 0 N–H and O–H groups in total. The minimum atomic E-state index is -0.401. The number of esters is 3. The standard InChI is InChI=1S/C17H16O2.C16H14O2S.C16H14O2/c1-2-17(18)19-13-16-11-7-6-10-15(16)12-14-8-4-3-5-9-14;1-2-16(17)18-12-13-8-10-15(11-9-13)19-14-6-4-3-5-7-14;1-2-16(17)18-12-13-8-10-15(11-9-13)14-6-4-3-5-7-14/h2-11H,1,12-13H2;2-11H,1,12H2;2-11H,1,12H2. The molecule has 0 aliphatic rings. The van der Waals surface area contributed by atoms with E-state index in [1.165, 1.54) is 39.8 Å². The Labute approximate surface area is 333 Å². The van der Waals surface area contributed by atoms with Crippen molar-refractivity contribution in [1.82, 2.24) is 0 Å². The molecule has 6 aromatic rings. The fraction of sp³-hybridized carbons (Fsp3) is 0.0816. The minimum Gasteiger partial charge on any atom is -0.458 e. The molecule has 0 saturated carbocycles. The molecule has 6 nitrogen and oxygen atoms in total. The van der Waals surface area contributed by atoms with Crippen molar-refractivity contribution in [2.24, 2.45) is 0 Å². The maximum absolute atomic E-state index is 11.1. The Morgan fingerprint density at radius 2 is 0.804 bits per heavy atom. The van der Waals surface area contributed by atoms with E-state index in [1.54, 1.807) is 11.8 Å². The quantitative estimate of drug-likeness (QED) is 0.0621. The Bertz CT molecular complexity index is 2130. The number of benzene rings is 6. The summed E-state index contributed by atoms with van der Waals surface area (Å²) >= 11 is 1.70. The van der Waals surface area contributed by atoms with E-state index in [0.29, 0.717) is 0 Å². The molecule has 0 spiro atoms. The highest BCUT2D eigenvalue weighted by Crippen LogP contribution is 2.27. The van der Waals surface area contributed by atoms with Crippen molar-refractivity contribution < 1.29 is 28.6 Å². The first-order valence-electron chi connectivity index (χ1n) is 17.8. The molecule has 0 amide bonds. The van der Waals surface area contributed by atoms with Gasteiger partial charge < -0.3 is 14.2 Å². The third-order valence-corrected chi connectivity index (χ3v) is 8.97. The molecule has 6 aromatic carbocycles. The van der Waals surface area contributed by atoms with Crippen LogP contribution in [-0.2, 0) is 54.8 Å². The summed E-state index contributed by atoms with van der Waals surface area (Å²) in [7, 11) is 0. The largest absolute Gasteiger partial charge is 0.458 e. The lowest BCUT2D eigenvalue weighted by molar-refractivity contribution is -0.139. The highest BCUT2D eigenvalue weighted by molar-refractivity contribution is 7.99. The third-order valence-electron chi connectivity index (χ3n) is 7.95. The van der Waals surface area contributed by atoms with Gasteiger partial charge in [0.25, 0.3) is 0 Å². The van der Waals surface area contributed by atoms with Crippen LogP contribution in [0.2, 0.25) is 0 Å². The molecule has 0 aromatic heterocycles. The Kier molecular flexibility index (Phi) is 17.9. The Morgan fingerprint density at radius 1 is 0.411 bits per heavy atom. The van der Waals surface area contributed by atoms with Gasteiger partial charge in [0.05, 0.1) is 0 Å². The molecule has 6 rings (SSSR count). The van der Waals surface area contributed by atoms with Crippen LogP contribution in [0.25, 0.3) is 11.1 Å². The van der Waals surface area contributed by atoms with Gasteiger partial charge in [0, 0.05) is 28.0 Å². The van der Waals surface area contributed by atoms with Crippen LogP contribution in [0.3, 0.4) is 0 Å². The van der Waals surface area contributed by atoms with Gasteiger partial charge in [-0.25, -0.2) is 14.4 Å². The van der Waals surface area contributed by atoms with Gasteiger partial charge in [-0.15, -0.1) is 0 Å². The average Bonchev–Trinajstić information content (AvgIpc) is 3.26. The van der Waals surface area contributed by atoms with Gasteiger partial charge >= 0.3 is 17.9 Å².